The molecule has 0 N–H and O–H groups in total. The van der Waals surface area contributed by atoms with Gasteiger partial charge in [-0.05, 0) is 67.4 Å². The van der Waals surface area contributed by atoms with E-state index in [0.29, 0.717) is 0 Å². The highest BCUT2D eigenvalue weighted by Crippen LogP contribution is 2.44. The first-order valence-electron chi connectivity index (χ1n) is 14.0. The largest absolute Gasteiger partial charge is 0.275 e. The summed E-state index contributed by atoms with van der Waals surface area (Å²) >= 11 is 0. The number of para-hydroxylation sites is 2. The van der Waals surface area contributed by atoms with Gasteiger partial charge in [-0.1, -0.05) is 121 Å². The summed E-state index contributed by atoms with van der Waals surface area (Å²) in [7, 11) is 0. The van der Waals surface area contributed by atoms with Gasteiger partial charge in [-0.3, -0.25) is 9.20 Å². The van der Waals surface area contributed by atoms with Crippen LogP contribution in [0.25, 0.3) is 81.8 Å². The Bertz CT molecular complexity index is 2480. The molecule has 0 unspecified atom stereocenters. The van der Waals surface area contributed by atoms with Gasteiger partial charge in [0, 0.05) is 21.5 Å². The zero-order valence-electron chi connectivity index (χ0n) is 22.1. The molecule has 0 aliphatic rings. The SMILES string of the molecule is O=c1c2ccc(-c3c4ccccc4c(-c4ccccc4)c4ccccc34)cc2c2cccc3c4ccccc4n1c23. The van der Waals surface area contributed by atoms with Crippen LogP contribution in [0.3, 0.4) is 0 Å². The number of rotatable bonds is 2. The van der Waals surface area contributed by atoms with Crippen LogP contribution in [0.4, 0.5) is 0 Å². The van der Waals surface area contributed by atoms with E-state index in [-0.39, 0.29) is 5.56 Å². The maximum absolute atomic E-state index is 14.0. The van der Waals surface area contributed by atoms with E-state index in [0.717, 1.165) is 43.5 Å². The molecule has 9 aromatic rings. The summed E-state index contributed by atoms with van der Waals surface area (Å²) in [5, 5.41) is 9.93. The number of benzene rings is 7. The zero-order chi connectivity index (χ0) is 27.1. The van der Waals surface area contributed by atoms with Gasteiger partial charge >= 0.3 is 0 Å². The van der Waals surface area contributed by atoms with E-state index >= 15 is 0 Å². The molecule has 2 heterocycles. The Morgan fingerprint density at radius 2 is 0.878 bits per heavy atom. The third-order valence-corrected chi connectivity index (χ3v) is 8.72. The van der Waals surface area contributed by atoms with E-state index in [1.807, 2.05) is 28.7 Å². The molecule has 190 valence electrons. The average Bonchev–Trinajstić information content (AvgIpc) is 3.38. The lowest BCUT2D eigenvalue weighted by Gasteiger charge is -2.18. The molecule has 0 aliphatic carbocycles. The fourth-order valence-corrected chi connectivity index (χ4v) is 7.03. The molecule has 0 amide bonds. The average molecular weight is 522 g/mol. The zero-order valence-corrected chi connectivity index (χ0v) is 22.1. The van der Waals surface area contributed by atoms with Crippen LogP contribution in [-0.4, -0.2) is 4.40 Å². The first-order chi connectivity index (χ1) is 20.3. The van der Waals surface area contributed by atoms with Crippen molar-refractivity contribution in [3.63, 3.8) is 0 Å². The summed E-state index contributed by atoms with van der Waals surface area (Å²) in [5.74, 6) is 0. The van der Waals surface area contributed by atoms with Gasteiger partial charge in [0.15, 0.2) is 0 Å². The Morgan fingerprint density at radius 3 is 1.54 bits per heavy atom. The highest BCUT2D eigenvalue weighted by molar-refractivity contribution is 6.24. The molecule has 2 aromatic heterocycles. The monoisotopic (exact) mass is 521 g/mol. The molecule has 0 spiro atoms. The van der Waals surface area contributed by atoms with Crippen molar-refractivity contribution in [3.8, 4) is 22.3 Å². The molecule has 0 radical (unpaired) electrons. The van der Waals surface area contributed by atoms with E-state index < -0.39 is 0 Å². The van der Waals surface area contributed by atoms with Crippen molar-refractivity contribution in [2.45, 2.75) is 0 Å². The van der Waals surface area contributed by atoms with Crippen LogP contribution in [0.5, 0.6) is 0 Å². The van der Waals surface area contributed by atoms with Gasteiger partial charge in [0.05, 0.1) is 11.0 Å². The molecule has 7 aromatic carbocycles. The van der Waals surface area contributed by atoms with Crippen molar-refractivity contribution >= 4 is 59.5 Å². The minimum atomic E-state index is 0.0330. The summed E-state index contributed by atoms with van der Waals surface area (Å²) in [6, 6.07) is 49.1. The van der Waals surface area contributed by atoms with Gasteiger partial charge < -0.3 is 0 Å². The Labute approximate surface area is 235 Å². The van der Waals surface area contributed by atoms with Crippen LogP contribution in [0, 0.1) is 0 Å². The van der Waals surface area contributed by atoms with Crippen LogP contribution in [0.2, 0.25) is 0 Å². The number of fused-ring (bicyclic) bond motifs is 7. The fraction of sp³-hybridized carbons (Fsp3) is 0. The first kappa shape index (κ1) is 22.4. The maximum atomic E-state index is 14.0. The maximum Gasteiger partial charge on any atom is 0.263 e. The van der Waals surface area contributed by atoms with Crippen LogP contribution < -0.4 is 5.56 Å². The fourth-order valence-electron chi connectivity index (χ4n) is 7.03. The van der Waals surface area contributed by atoms with Gasteiger partial charge in [-0.2, -0.15) is 0 Å². The number of nitrogens with zero attached hydrogens (tertiary/aromatic N) is 1. The van der Waals surface area contributed by atoms with Gasteiger partial charge in [-0.25, -0.2) is 0 Å². The predicted octanol–water partition coefficient (Wildman–Crippen LogP) is 9.84. The molecule has 0 fully saturated rings. The molecular weight excluding hydrogens is 498 g/mol. The lowest BCUT2D eigenvalue weighted by molar-refractivity contribution is 1.21. The minimum absolute atomic E-state index is 0.0330. The van der Waals surface area contributed by atoms with Crippen molar-refractivity contribution in [2.75, 3.05) is 0 Å². The number of aromatic nitrogens is 1. The van der Waals surface area contributed by atoms with Crippen LogP contribution >= 0.6 is 0 Å². The van der Waals surface area contributed by atoms with Gasteiger partial charge in [0.2, 0.25) is 0 Å². The van der Waals surface area contributed by atoms with E-state index in [1.165, 1.54) is 38.2 Å². The highest BCUT2D eigenvalue weighted by Gasteiger charge is 2.19. The standard InChI is InChI=1S/C39H23NO/c41-39-33-22-21-25(23-34(33)32-19-10-18-31-26-13-8-9-20-35(26)40(39)38(31)32)37-29-16-6-4-14-27(29)36(24-11-2-1-3-12-24)28-15-5-7-17-30(28)37/h1-23H. The second-order valence-electron chi connectivity index (χ2n) is 10.8. The second kappa shape index (κ2) is 8.27. The summed E-state index contributed by atoms with van der Waals surface area (Å²) < 4.78 is 1.90. The van der Waals surface area contributed by atoms with Crippen LogP contribution in [0.15, 0.2) is 144 Å². The Balaban J connectivity index is 1.44. The highest BCUT2D eigenvalue weighted by atomic mass is 16.1. The lowest BCUT2D eigenvalue weighted by Crippen LogP contribution is -2.12. The lowest BCUT2D eigenvalue weighted by atomic mass is 9.85. The Hall–Kier alpha value is -5.47. The Morgan fingerprint density at radius 1 is 0.366 bits per heavy atom. The third kappa shape index (κ3) is 2.99. The molecule has 41 heavy (non-hydrogen) atoms. The molecule has 0 bridgehead atoms. The molecule has 0 saturated carbocycles. The third-order valence-electron chi connectivity index (χ3n) is 8.72. The summed E-state index contributed by atoms with van der Waals surface area (Å²) in [5.41, 5.74) is 6.77. The summed E-state index contributed by atoms with van der Waals surface area (Å²) in [6.07, 6.45) is 0. The molecule has 0 aliphatic heterocycles. The van der Waals surface area contributed by atoms with Crippen molar-refractivity contribution in [2.24, 2.45) is 0 Å². The van der Waals surface area contributed by atoms with Crippen molar-refractivity contribution in [1.82, 2.24) is 4.40 Å². The van der Waals surface area contributed by atoms with E-state index in [4.69, 9.17) is 0 Å². The van der Waals surface area contributed by atoms with Crippen LogP contribution in [-0.2, 0) is 0 Å². The molecule has 2 nitrogen and oxygen atoms in total. The van der Waals surface area contributed by atoms with Crippen molar-refractivity contribution < 1.29 is 0 Å². The molecule has 0 atom stereocenters. The van der Waals surface area contributed by atoms with Crippen molar-refractivity contribution in [3.05, 3.63) is 150 Å². The molecule has 9 rings (SSSR count). The van der Waals surface area contributed by atoms with Gasteiger partial charge in [0.25, 0.3) is 5.56 Å². The van der Waals surface area contributed by atoms with Gasteiger partial charge in [-0.15, -0.1) is 0 Å². The predicted molar refractivity (Wildman–Crippen MR) is 173 cm³/mol. The smallest absolute Gasteiger partial charge is 0.263 e. The van der Waals surface area contributed by atoms with E-state index in [1.54, 1.807) is 0 Å². The molecular formula is C39H23NO. The molecule has 2 heteroatoms. The van der Waals surface area contributed by atoms with Crippen LogP contribution in [0.1, 0.15) is 0 Å². The number of pyridine rings is 1. The summed E-state index contributed by atoms with van der Waals surface area (Å²) in [6.45, 7) is 0. The first-order valence-corrected chi connectivity index (χ1v) is 14.0. The topological polar surface area (TPSA) is 21.5 Å². The van der Waals surface area contributed by atoms with E-state index in [9.17, 15) is 4.79 Å². The summed E-state index contributed by atoms with van der Waals surface area (Å²) in [4.78, 5) is 14.0. The second-order valence-corrected chi connectivity index (χ2v) is 10.8. The number of hydrogen-bond donors (Lipinski definition) is 0. The normalized spacial score (nSPS) is 12.0. The van der Waals surface area contributed by atoms with Gasteiger partial charge in [0.1, 0.15) is 0 Å². The quantitative estimate of drug-likeness (QED) is 0.164. The number of hydrogen-bond acceptors (Lipinski definition) is 1. The van der Waals surface area contributed by atoms with E-state index in [2.05, 4.69) is 115 Å². The molecule has 0 saturated heterocycles. The minimum Gasteiger partial charge on any atom is -0.275 e. The van der Waals surface area contributed by atoms with Crippen molar-refractivity contribution in [1.29, 1.82) is 0 Å². The Kier molecular flexibility index (Phi) is 4.51.